The minimum Gasteiger partial charge on any atom is -0.463 e. The molecule has 0 spiro atoms. The molecule has 0 heterocycles. The SMILES string of the molecule is CCCCCCCCCCN(C(=O)CCCN(C)C)C(CCCCCCCCC)CCCCCCC(F)C(=O)OCC(CCCCCC)CCCCCCCC. The minimum absolute atomic E-state index is 0.258. The van der Waals surface area contributed by atoms with Crippen LogP contribution in [0.15, 0.2) is 0 Å². The molecule has 0 rings (SSSR count). The topological polar surface area (TPSA) is 49.9 Å². The van der Waals surface area contributed by atoms with Gasteiger partial charge in [0.25, 0.3) is 0 Å². The highest BCUT2D eigenvalue weighted by Gasteiger charge is 2.24. The zero-order chi connectivity index (χ0) is 41.3. The lowest BCUT2D eigenvalue weighted by molar-refractivity contribution is -0.151. The second-order valence-electron chi connectivity index (χ2n) is 17.9. The van der Waals surface area contributed by atoms with Gasteiger partial charge >= 0.3 is 5.97 Å². The van der Waals surface area contributed by atoms with Crippen LogP contribution in [0.25, 0.3) is 0 Å². The summed E-state index contributed by atoms with van der Waals surface area (Å²) in [5.41, 5.74) is 0. The van der Waals surface area contributed by atoms with Crippen LogP contribution in [0.5, 0.6) is 0 Å². The first-order valence-corrected chi connectivity index (χ1v) is 25.0. The zero-order valence-corrected chi connectivity index (χ0v) is 38.8. The third-order valence-corrected chi connectivity index (χ3v) is 12.0. The number of esters is 1. The summed E-state index contributed by atoms with van der Waals surface area (Å²) in [6, 6.07) is 0.303. The molecule has 334 valence electrons. The van der Waals surface area contributed by atoms with E-state index >= 15 is 4.39 Å². The molecule has 0 aliphatic rings. The highest BCUT2D eigenvalue weighted by Crippen LogP contribution is 2.23. The first kappa shape index (κ1) is 54.8. The molecule has 5 nitrogen and oxygen atoms in total. The van der Waals surface area contributed by atoms with Crippen molar-refractivity contribution in [1.29, 1.82) is 0 Å². The van der Waals surface area contributed by atoms with E-state index in [2.05, 4.69) is 51.6 Å². The zero-order valence-electron chi connectivity index (χ0n) is 38.8. The Balaban J connectivity index is 5.04. The number of amides is 1. The standard InChI is InChI=1S/C50H99FN2O3/c1-7-11-15-19-22-24-29-35-44-53(49(54)42-36-43-52(5)6)47(39-32-26-23-20-16-12-8-2)40-33-27-28-34-41-48(51)50(55)56-45-46(37-30-18-14-10-4)38-31-25-21-17-13-9-3/h46-48H,7-45H2,1-6H3. The van der Waals surface area contributed by atoms with Gasteiger partial charge in [0.2, 0.25) is 5.91 Å². The van der Waals surface area contributed by atoms with Gasteiger partial charge in [-0.05, 0) is 77.9 Å². The number of hydrogen-bond acceptors (Lipinski definition) is 4. The van der Waals surface area contributed by atoms with Gasteiger partial charge in [0.05, 0.1) is 6.61 Å². The van der Waals surface area contributed by atoms with Crippen LogP contribution in [0.1, 0.15) is 259 Å². The van der Waals surface area contributed by atoms with Crippen molar-refractivity contribution in [3.8, 4) is 0 Å². The summed E-state index contributed by atoms with van der Waals surface area (Å²) in [5.74, 6) is 0.0560. The summed E-state index contributed by atoms with van der Waals surface area (Å²) >= 11 is 0. The maximum Gasteiger partial charge on any atom is 0.340 e. The maximum absolute atomic E-state index is 15.0. The van der Waals surface area contributed by atoms with Gasteiger partial charge in [0, 0.05) is 19.0 Å². The van der Waals surface area contributed by atoms with Gasteiger partial charge in [-0.3, -0.25) is 4.79 Å². The van der Waals surface area contributed by atoms with E-state index in [0.717, 1.165) is 70.9 Å². The Morgan fingerprint density at radius 2 is 0.839 bits per heavy atom. The molecule has 6 heteroatoms. The minimum atomic E-state index is -1.52. The van der Waals surface area contributed by atoms with Crippen LogP contribution in [-0.2, 0) is 14.3 Å². The van der Waals surface area contributed by atoms with Crippen LogP contribution in [0.4, 0.5) is 4.39 Å². The second-order valence-corrected chi connectivity index (χ2v) is 17.9. The Labute approximate surface area is 350 Å². The van der Waals surface area contributed by atoms with Crippen molar-refractivity contribution in [1.82, 2.24) is 9.80 Å². The Morgan fingerprint density at radius 1 is 0.464 bits per heavy atom. The summed E-state index contributed by atoms with van der Waals surface area (Å²) in [7, 11) is 4.17. The van der Waals surface area contributed by atoms with Crippen molar-refractivity contribution in [2.45, 2.75) is 271 Å². The van der Waals surface area contributed by atoms with Crippen molar-refractivity contribution >= 4 is 11.9 Å². The number of carbonyl (C=O) groups is 2. The number of nitrogens with zero attached hydrogens (tertiary/aromatic N) is 2. The first-order chi connectivity index (χ1) is 27.3. The molecule has 3 unspecified atom stereocenters. The maximum atomic E-state index is 15.0. The summed E-state index contributed by atoms with van der Waals surface area (Å²) < 4.78 is 20.6. The van der Waals surface area contributed by atoms with Crippen molar-refractivity contribution in [2.75, 3.05) is 33.8 Å². The molecule has 0 aromatic rings. The number of carbonyl (C=O) groups excluding carboxylic acids is 2. The average molecular weight is 795 g/mol. The number of hydrogen-bond donors (Lipinski definition) is 0. The quantitative estimate of drug-likeness (QED) is 0.0455. The van der Waals surface area contributed by atoms with Crippen LogP contribution >= 0.6 is 0 Å². The molecule has 3 atom stereocenters. The fraction of sp³-hybridized carbons (Fsp3) is 0.960. The monoisotopic (exact) mass is 795 g/mol. The van der Waals surface area contributed by atoms with E-state index in [9.17, 15) is 9.59 Å². The lowest BCUT2D eigenvalue weighted by Crippen LogP contribution is -2.41. The molecule has 0 fully saturated rings. The van der Waals surface area contributed by atoms with Crippen molar-refractivity contribution in [2.24, 2.45) is 5.92 Å². The van der Waals surface area contributed by atoms with E-state index < -0.39 is 12.1 Å². The van der Waals surface area contributed by atoms with Crippen LogP contribution in [0.2, 0.25) is 0 Å². The molecule has 0 saturated carbocycles. The molecule has 0 radical (unpaired) electrons. The van der Waals surface area contributed by atoms with E-state index in [0.29, 0.717) is 37.3 Å². The number of halogens is 1. The Kier molecular flexibility index (Phi) is 41.1. The predicted octanol–water partition coefficient (Wildman–Crippen LogP) is 15.4. The smallest absolute Gasteiger partial charge is 0.340 e. The molecular weight excluding hydrogens is 696 g/mol. The lowest BCUT2D eigenvalue weighted by Gasteiger charge is -2.33. The second kappa shape index (κ2) is 42.0. The molecule has 0 aromatic heterocycles. The fourth-order valence-corrected chi connectivity index (χ4v) is 8.26. The van der Waals surface area contributed by atoms with Gasteiger partial charge in [0.1, 0.15) is 0 Å². The molecule has 1 amide bonds. The van der Waals surface area contributed by atoms with E-state index in [1.807, 2.05) is 0 Å². The third-order valence-electron chi connectivity index (χ3n) is 12.0. The molecule has 0 aliphatic carbocycles. The van der Waals surface area contributed by atoms with E-state index in [1.54, 1.807) is 0 Å². The van der Waals surface area contributed by atoms with Crippen LogP contribution in [-0.4, -0.2) is 67.7 Å². The molecule has 0 aromatic carbocycles. The number of alkyl halides is 1. The van der Waals surface area contributed by atoms with Gasteiger partial charge in [-0.1, -0.05) is 201 Å². The van der Waals surface area contributed by atoms with Crippen LogP contribution in [0.3, 0.4) is 0 Å². The molecule has 0 saturated heterocycles. The number of ether oxygens (including phenoxy) is 1. The van der Waals surface area contributed by atoms with E-state index in [4.69, 9.17) is 4.74 Å². The molecule has 0 aliphatic heterocycles. The summed E-state index contributed by atoms with van der Waals surface area (Å²) in [6.45, 7) is 11.2. The number of unbranched alkanes of at least 4 members (excludes halogenated alkanes) is 24. The van der Waals surface area contributed by atoms with Crippen molar-refractivity contribution in [3.05, 3.63) is 0 Å². The highest BCUT2D eigenvalue weighted by atomic mass is 19.1. The molecule has 0 N–H and O–H groups in total. The third kappa shape index (κ3) is 34.8. The van der Waals surface area contributed by atoms with Gasteiger partial charge in [0.15, 0.2) is 6.17 Å². The van der Waals surface area contributed by atoms with Crippen molar-refractivity contribution in [3.63, 3.8) is 0 Å². The highest BCUT2D eigenvalue weighted by molar-refractivity contribution is 5.76. The van der Waals surface area contributed by atoms with Crippen LogP contribution in [0, 0.1) is 5.92 Å². The van der Waals surface area contributed by atoms with Crippen LogP contribution < -0.4 is 0 Å². The van der Waals surface area contributed by atoms with Gasteiger partial charge in [-0.25, -0.2) is 9.18 Å². The largest absolute Gasteiger partial charge is 0.463 e. The average Bonchev–Trinajstić information content (AvgIpc) is 3.18. The predicted molar refractivity (Wildman–Crippen MR) is 242 cm³/mol. The fourth-order valence-electron chi connectivity index (χ4n) is 8.26. The Morgan fingerprint density at radius 3 is 1.29 bits per heavy atom. The Hall–Kier alpha value is -1.17. The summed E-state index contributed by atoms with van der Waals surface area (Å²) in [4.78, 5) is 30.9. The van der Waals surface area contributed by atoms with E-state index in [-0.39, 0.29) is 6.42 Å². The number of rotatable bonds is 44. The molecule has 56 heavy (non-hydrogen) atoms. The normalized spacial score (nSPS) is 13.3. The summed E-state index contributed by atoms with van der Waals surface area (Å²) in [5, 5.41) is 0. The first-order valence-electron chi connectivity index (χ1n) is 25.0. The van der Waals surface area contributed by atoms with Gasteiger partial charge < -0.3 is 14.5 Å². The lowest BCUT2D eigenvalue weighted by atomic mass is 9.95. The van der Waals surface area contributed by atoms with Gasteiger partial charge in [-0.15, -0.1) is 0 Å². The van der Waals surface area contributed by atoms with E-state index in [1.165, 1.54) is 154 Å². The molecular formula is C50H99FN2O3. The van der Waals surface area contributed by atoms with Crippen molar-refractivity contribution < 1.29 is 18.7 Å². The summed E-state index contributed by atoms with van der Waals surface area (Å²) in [6.07, 6.45) is 40.0. The van der Waals surface area contributed by atoms with Gasteiger partial charge in [-0.2, -0.15) is 0 Å². The Bertz CT molecular complexity index is 839. The molecule has 0 bridgehead atoms.